The van der Waals surface area contributed by atoms with Gasteiger partial charge in [0.25, 0.3) is 0 Å². The molecule has 7 heteroatoms. The van der Waals surface area contributed by atoms with E-state index in [0.29, 0.717) is 19.0 Å². The van der Waals surface area contributed by atoms with E-state index < -0.39 is 10.0 Å². The average Bonchev–Trinajstić information content (AvgIpc) is 3.04. The Morgan fingerprint density at radius 3 is 2.56 bits per heavy atom. The van der Waals surface area contributed by atoms with Crippen molar-refractivity contribution in [2.45, 2.75) is 39.2 Å². The normalized spacial score (nSPS) is 17.0. The highest BCUT2D eigenvalue weighted by Gasteiger charge is 2.24. The first kappa shape index (κ1) is 18.1. The van der Waals surface area contributed by atoms with Gasteiger partial charge in [-0.2, -0.15) is 5.10 Å². The summed E-state index contributed by atoms with van der Waals surface area (Å²) in [6.07, 6.45) is 8.88. The van der Waals surface area contributed by atoms with Gasteiger partial charge in [-0.25, -0.2) is 12.7 Å². The molecule has 0 N–H and O–H groups in total. The third-order valence-corrected chi connectivity index (χ3v) is 6.11. The van der Waals surface area contributed by atoms with Crippen molar-refractivity contribution in [1.29, 1.82) is 0 Å². The van der Waals surface area contributed by atoms with Crippen molar-refractivity contribution in [2.24, 2.45) is 5.92 Å². The number of rotatable bonds is 6. The fraction of sp³-hybridized carbons (Fsp3) is 0.556. The van der Waals surface area contributed by atoms with Crippen LogP contribution in [0.5, 0.6) is 0 Å². The number of hydrogen-bond donors (Lipinski definition) is 0. The number of aryl methyl sites for hydroxylation is 1. The molecule has 1 saturated heterocycles. The van der Waals surface area contributed by atoms with E-state index in [1.54, 1.807) is 4.31 Å². The molecule has 0 spiro atoms. The number of hydrogen-bond acceptors (Lipinski definition) is 4. The van der Waals surface area contributed by atoms with Crippen LogP contribution in [0.3, 0.4) is 0 Å². The molecule has 0 aromatic carbocycles. The van der Waals surface area contributed by atoms with Gasteiger partial charge in [0, 0.05) is 32.0 Å². The highest BCUT2D eigenvalue weighted by atomic mass is 32.2. The van der Waals surface area contributed by atoms with Crippen LogP contribution in [0.2, 0.25) is 0 Å². The maximum absolute atomic E-state index is 11.6. The number of aromatic nitrogens is 3. The summed E-state index contributed by atoms with van der Waals surface area (Å²) in [6, 6.07) is 6.19. The summed E-state index contributed by atoms with van der Waals surface area (Å²) >= 11 is 0. The summed E-state index contributed by atoms with van der Waals surface area (Å²) in [7, 11) is -3.05. The molecule has 0 atom stereocenters. The summed E-state index contributed by atoms with van der Waals surface area (Å²) in [5.41, 5.74) is 3.21. The van der Waals surface area contributed by atoms with Gasteiger partial charge in [-0.05, 0) is 49.3 Å². The minimum Gasteiger partial charge on any atom is -0.263 e. The molecule has 0 aliphatic carbocycles. The van der Waals surface area contributed by atoms with Crippen molar-refractivity contribution >= 4 is 10.0 Å². The maximum atomic E-state index is 11.6. The van der Waals surface area contributed by atoms with Crippen molar-refractivity contribution in [3.05, 3.63) is 36.2 Å². The van der Waals surface area contributed by atoms with Gasteiger partial charge >= 0.3 is 0 Å². The number of nitrogens with zero attached hydrogens (tertiary/aromatic N) is 4. The molecule has 3 heterocycles. The Morgan fingerprint density at radius 2 is 1.96 bits per heavy atom. The molecule has 25 heavy (non-hydrogen) atoms. The fourth-order valence-electron chi connectivity index (χ4n) is 3.42. The first-order valence-electron chi connectivity index (χ1n) is 8.89. The molecule has 1 aliphatic rings. The highest BCUT2D eigenvalue weighted by Crippen LogP contribution is 2.24. The van der Waals surface area contributed by atoms with E-state index in [2.05, 4.69) is 29.1 Å². The van der Waals surface area contributed by atoms with Gasteiger partial charge in [0.15, 0.2) is 0 Å². The van der Waals surface area contributed by atoms with Crippen LogP contribution in [0.25, 0.3) is 11.4 Å². The van der Waals surface area contributed by atoms with Crippen molar-refractivity contribution in [3.8, 4) is 11.4 Å². The Labute approximate surface area is 149 Å². The van der Waals surface area contributed by atoms with E-state index in [1.807, 2.05) is 23.1 Å². The third-order valence-electron chi connectivity index (χ3n) is 4.81. The van der Waals surface area contributed by atoms with Gasteiger partial charge in [-0.3, -0.25) is 9.67 Å². The van der Waals surface area contributed by atoms with Gasteiger partial charge in [0.2, 0.25) is 10.0 Å². The minimum absolute atomic E-state index is 0.524. The molecular weight excluding hydrogens is 336 g/mol. The third kappa shape index (κ3) is 4.46. The summed E-state index contributed by atoms with van der Waals surface area (Å²) in [6.45, 7) is 4.29. The molecule has 0 saturated carbocycles. The van der Waals surface area contributed by atoms with Gasteiger partial charge in [0.05, 0.1) is 17.6 Å². The molecule has 0 amide bonds. The molecule has 6 nitrogen and oxygen atoms in total. The average molecular weight is 362 g/mol. The lowest BCUT2D eigenvalue weighted by molar-refractivity contribution is 0.274. The number of piperidine rings is 1. The Kier molecular flexibility index (Phi) is 5.54. The predicted molar refractivity (Wildman–Crippen MR) is 98.6 cm³/mol. The van der Waals surface area contributed by atoms with Crippen LogP contribution in [0.15, 0.2) is 30.6 Å². The molecule has 3 rings (SSSR count). The maximum Gasteiger partial charge on any atom is 0.211 e. The Hall–Kier alpha value is -1.73. The molecule has 0 radical (unpaired) electrons. The Morgan fingerprint density at radius 1 is 1.20 bits per heavy atom. The van der Waals surface area contributed by atoms with Crippen LogP contribution in [0.1, 0.15) is 31.7 Å². The zero-order chi connectivity index (χ0) is 17.9. The van der Waals surface area contributed by atoms with Crippen molar-refractivity contribution < 1.29 is 8.42 Å². The van der Waals surface area contributed by atoms with Crippen LogP contribution in [-0.4, -0.2) is 46.8 Å². The molecule has 1 fully saturated rings. The summed E-state index contributed by atoms with van der Waals surface area (Å²) in [5, 5.41) is 4.35. The Bertz CT molecular complexity index is 791. The molecule has 0 unspecified atom stereocenters. The standard InChI is InChI=1S/C18H26N4O2S/c1-3-10-22-18(6-9-20-22)17-5-4-16(14-19-17)13-15-7-11-21(12-8-15)25(2,23)24/h4-6,9,14-15H,3,7-8,10-13H2,1-2H3. The zero-order valence-corrected chi connectivity index (χ0v) is 15.7. The van der Waals surface area contributed by atoms with Gasteiger partial charge in [-0.1, -0.05) is 13.0 Å². The molecule has 2 aromatic heterocycles. The molecule has 136 valence electrons. The van der Waals surface area contributed by atoms with Crippen LogP contribution >= 0.6 is 0 Å². The monoisotopic (exact) mass is 362 g/mol. The number of sulfonamides is 1. The van der Waals surface area contributed by atoms with Crippen molar-refractivity contribution in [2.75, 3.05) is 19.3 Å². The van der Waals surface area contributed by atoms with E-state index in [9.17, 15) is 8.42 Å². The van der Waals surface area contributed by atoms with Crippen LogP contribution < -0.4 is 0 Å². The highest BCUT2D eigenvalue weighted by molar-refractivity contribution is 7.88. The first-order valence-corrected chi connectivity index (χ1v) is 10.7. The largest absolute Gasteiger partial charge is 0.263 e. The predicted octanol–water partition coefficient (Wildman–Crippen LogP) is 2.57. The van der Waals surface area contributed by atoms with E-state index >= 15 is 0 Å². The number of pyridine rings is 1. The molecular formula is C18H26N4O2S. The van der Waals surface area contributed by atoms with E-state index in [1.165, 1.54) is 11.8 Å². The van der Waals surface area contributed by atoms with E-state index in [-0.39, 0.29) is 0 Å². The van der Waals surface area contributed by atoms with Crippen molar-refractivity contribution in [3.63, 3.8) is 0 Å². The fourth-order valence-corrected chi connectivity index (χ4v) is 4.29. The smallest absolute Gasteiger partial charge is 0.211 e. The van der Waals surface area contributed by atoms with Crippen molar-refractivity contribution in [1.82, 2.24) is 19.1 Å². The summed E-state index contributed by atoms with van der Waals surface area (Å²) < 4.78 is 26.7. The van der Waals surface area contributed by atoms with Gasteiger partial charge in [-0.15, -0.1) is 0 Å². The summed E-state index contributed by atoms with van der Waals surface area (Å²) in [5.74, 6) is 0.524. The van der Waals surface area contributed by atoms with E-state index in [4.69, 9.17) is 0 Å². The lowest BCUT2D eigenvalue weighted by Gasteiger charge is -2.30. The van der Waals surface area contributed by atoms with E-state index in [0.717, 1.165) is 43.6 Å². The minimum atomic E-state index is -3.05. The molecule has 2 aromatic rings. The lowest BCUT2D eigenvalue weighted by atomic mass is 9.91. The zero-order valence-electron chi connectivity index (χ0n) is 14.9. The molecule has 0 bridgehead atoms. The Balaban J connectivity index is 1.61. The topological polar surface area (TPSA) is 68.1 Å². The van der Waals surface area contributed by atoms with Crippen LogP contribution in [0, 0.1) is 5.92 Å². The van der Waals surface area contributed by atoms with Gasteiger partial charge < -0.3 is 0 Å². The van der Waals surface area contributed by atoms with Crippen LogP contribution in [0.4, 0.5) is 0 Å². The summed E-state index contributed by atoms with van der Waals surface area (Å²) in [4.78, 5) is 4.62. The van der Waals surface area contributed by atoms with Gasteiger partial charge in [0.1, 0.15) is 0 Å². The quantitative estimate of drug-likeness (QED) is 0.792. The second-order valence-electron chi connectivity index (χ2n) is 6.80. The first-order chi connectivity index (χ1) is 12.0. The van der Waals surface area contributed by atoms with Crippen LogP contribution in [-0.2, 0) is 23.0 Å². The second kappa shape index (κ2) is 7.66. The SMILES string of the molecule is CCCn1nccc1-c1ccc(CC2CCN(S(C)(=O)=O)CC2)cn1. The second-order valence-corrected chi connectivity index (χ2v) is 8.78. The lowest BCUT2D eigenvalue weighted by Crippen LogP contribution is -2.38. The molecule has 1 aliphatic heterocycles.